The first kappa shape index (κ1) is 29.1. The zero-order valence-electron chi connectivity index (χ0n) is 25.8. The quantitative estimate of drug-likeness (QED) is 0.176. The SMILES string of the molecule is CC(c1ccc(-c2ccccc2)cc1)c1c[nH]c2ccccc12.OC(c1ccc(-c2ccccc2)cc1)c1c[nH]c2ccccc12. The standard InChI is InChI=1S/C22H19N.C21H17NO/c1-16(21-15-23-22-10-6-5-9-20(21)22)17-11-13-19(14-12-17)18-7-3-2-4-8-18;23-21(19-14-22-20-9-5-4-8-18(19)20)17-12-10-16(11-13-17)15-6-2-1-3-7-15/h2-16,23H,1H3;1-14,21-23H. The molecule has 3 heteroatoms. The Morgan fingerprint density at radius 1 is 0.413 bits per heavy atom. The van der Waals surface area contributed by atoms with E-state index >= 15 is 0 Å². The fraction of sp³-hybridized carbons (Fsp3) is 0.0698. The van der Waals surface area contributed by atoms with Gasteiger partial charge in [0.05, 0.1) is 0 Å². The van der Waals surface area contributed by atoms with Crippen molar-refractivity contribution in [2.24, 2.45) is 0 Å². The number of nitrogens with one attached hydrogen (secondary N) is 2. The number of hydrogen-bond donors (Lipinski definition) is 3. The molecule has 0 saturated heterocycles. The molecular formula is C43H36N2O. The van der Waals surface area contributed by atoms with Gasteiger partial charge in [-0.1, -0.05) is 153 Å². The predicted octanol–water partition coefficient (Wildman–Crippen LogP) is 10.9. The first-order valence-corrected chi connectivity index (χ1v) is 15.8. The maximum absolute atomic E-state index is 10.7. The first-order chi connectivity index (χ1) is 22.7. The highest BCUT2D eigenvalue weighted by Gasteiger charge is 2.15. The number of para-hydroxylation sites is 2. The van der Waals surface area contributed by atoms with Crippen molar-refractivity contribution in [2.75, 3.05) is 0 Å². The number of benzene rings is 6. The number of hydrogen-bond acceptors (Lipinski definition) is 1. The van der Waals surface area contributed by atoms with Crippen molar-refractivity contribution in [1.82, 2.24) is 9.97 Å². The van der Waals surface area contributed by atoms with Gasteiger partial charge in [-0.15, -0.1) is 0 Å². The molecule has 0 radical (unpaired) electrons. The Morgan fingerprint density at radius 2 is 0.804 bits per heavy atom. The fourth-order valence-electron chi connectivity index (χ4n) is 6.21. The van der Waals surface area contributed by atoms with Gasteiger partial charge in [-0.3, -0.25) is 0 Å². The van der Waals surface area contributed by atoms with Crippen LogP contribution in [-0.2, 0) is 0 Å². The lowest BCUT2D eigenvalue weighted by molar-refractivity contribution is 0.222. The minimum absolute atomic E-state index is 0.371. The van der Waals surface area contributed by atoms with Gasteiger partial charge in [-0.05, 0) is 51.1 Å². The van der Waals surface area contributed by atoms with Crippen LogP contribution >= 0.6 is 0 Å². The van der Waals surface area contributed by atoms with Gasteiger partial charge in [-0.25, -0.2) is 0 Å². The highest BCUT2D eigenvalue weighted by atomic mass is 16.3. The lowest BCUT2D eigenvalue weighted by atomic mass is 9.91. The summed E-state index contributed by atoms with van der Waals surface area (Å²) >= 11 is 0. The number of aliphatic hydroxyl groups excluding tert-OH is 1. The van der Waals surface area contributed by atoms with Crippen LogP contribution < -0.4 is 0 Å². The Hall–Kier alpha value is -5.64. The zero-order valence-corrected chi connectivity index (χ0v) is 25.8. The summed E-state index contributed by atoms with van der Waals surface area (Å²) in [6.07, 6.45) is 3.40. The average Bonchev–Trinajstić information content (AvgIpc) is 3.77. The molecule has 2 unspecified atom stereocenters. The highest BCUT2D eigenvalue weighted by Crippen LogP contribution is 2.32. The van der Waals surface area contributed by atoms with Crippen molar-refractivity contribution in [3.8, 4) is 22.3 Å². The van der Waals surface area contributed by atoms with Crippen molar-refractivity contribution in [3.63, 3.8) is 0 Å². The molecule has 224 valence electrons. The number of rotatable bonds is 6. The van der Waals surface area contributed by atoms with Gasteiger partial charge < -0.3 is 15.1 Å². The van der Waals surface area contributed by atoms with E-state index in [0.29, 0.717) is 5.92 Å². The van der Waals surface area contributed by atoms with Gasteiger partial charge in [0.1, 0.15) is 6.10 Å². The molecule has 2 aromatic heterocycles. The topological polar surface area (TPSA) is 51.8 Å². The van der Waals surface area contributed by atoms with E-state index in [-0.39, 0.29) is 0 Å². The molecule has 2 atom stereocenters. The van der Waals surface area contributed by atoms with Crippen LogP contribution in [-0.4, -0.2) is 15.1 Å². The normalized spacial score (nSPS) is 12.4. The van der Waals surface area contributed by atoms with Crippen LogP contribution in [0.3, 0.4) is 0 Å². The number of aromatic amines is 2. The number of H-pyrrole nitrogens is 2. The summed E-state index contributed by atoms with van der Waals surface area (Å²) < 4.78 is 0. The molecule has 8 rings (SSSR count). The van der Waals surface area contributed by atoms with E-state index in [9.17, 15) is 5.11 Å². The molecule has 0 fully saturated rings. The van der Waals surface area contributed by atoms with Crippen LogP contribution in [0, 0.1) is 0 Å². The van der Waals surface area contributed by atoms with Crippen LogP contribution in [0.2, 0.25) is 0 Å². The molecule has 46 heavy (non-hydrogen) atoms. The molecule has 3 N–H and O–H groups in total. The van der Waals surface area contributed by atoms with Crippen molar-refractivity contribution in [1.29, 1.82) is 0 Å². The largest absolute Gasteiger partial charge is 0.384 e. The average molecular weight is 597 g/mol. The molecule has 6 aromatic carbocycles. The van der Waals surface area contributed by atoms with Gasteiger partial charge in [0, 0.05) is 45.7 Å². The third kappa shape index (κ3) is 6.01. The van der Waals surface area contributed by atoms with Gasteiger partial charge in [0.25, 0.3) is 0 Å². The van der Waals surface area contributed by atoms with Crippen LogP contribution in [0.4, 0.5) is 0 Å². The van der Waals surface area contributed by atoms with Crippen LogP contribution in [0.5, 0.6) is 0 Å². The predicted molar refractivity (Wildman–Crippen MR) is 192 cm³/mol. The molecule has 0 saturated carbocycles. The van der Waals surface area contributed by atoms with E-state index in [1.54, 1.807) is 0 Å². The monoisotopic (exact) mass is 596 g/mol. The third-order valence-electron chi connectivity index (χ3n) is 8.85. The van der Waals surface area contributed by atoms with Crippen molar-refractivity contribution in [2.45, 2.75) is 18.9 Å². The Kier molecular flexibility index (Phi) is 8.32. The van der Waals surface area contributed by atoms with E-state index < -0.39 is 6.10 Å². The summed E-state index contributed by atoms with van der Waals surface area (Å²) in [5.41, 5.74) is 11.6. The first-order valence-electron chi connectivity index (χ1n) is 15.8. The summed E-state index contributed by atoms with van der Waals surface area (Å²) in [5, 5.41) is 13.1. The zero-order chi connectivity index (χ0) is 31.3. The minimum Gasteiger partial charge on any atom is -0.384 e. The molecule has 0 bridgehead atoms. The second kappa shape index (κ2) is 13.2. The molecule has 2 heterocycles. The minimum atomic E-state index is -0.629. The summed E-state index contributed by atoms with van der Waals surface area (Å²) in [6.45, 7) is 2.27. The van der Waals surface area contributed by atoms with E-state index in [1.807, 2.05) is 60.8 Å². The second-order valence-corrected chi connectivity index (χ2v) is 11.7. The fourth-order valence-corrected chi connectivity index (χ4v) is 6.21. The van der Waals surface area contributed by atoms with Crippen LogP contribution in [0.15, 0.2) is 170 Å². The molecule has 0 amide bonds. The lowest BCUT2D eigenvalue weighted by Gasteiger charge is -2.12. The summed E-state index contributed by atoms with van der Waals surface area (Å²) in [6, 6.07) is 54.3. The van der Waals surface area contributed by atoms with E-state index in [0.717, 1.165) is 27.6 Å². The smallest absolute Gasteiger partial charge is 0.106 e. The van der Waals surface area contributed by atoms with E-state index in [4.69, 9.17) is 0 Å². The van der Waals surface area contributed by atoms with E-state index in [2.05, 4.69) is 126 Å². The Balaban J connectivity index is 0.000000147. The molecule has 0 aliphatic rings. The molecular weight excluding hydrogens is 560 g/mol. The molecule has 8 aromatic rings. The Bertz CT molecular complexity index is 2000. The van der Waals surface area contributed by atoms with Gasteiger partial charge >= 0.3 is 0 Å². The maximum Gasteiger partial charge on any atom is 0.106 e. The molecule has 3 nitrogen and oxygen atoms in total. The van der Waals surface area contributed by atoms with E-state index in [1.165, 1.54) is 38.7 Å². The maximum atomic E-state index is 10.7. The van der Waals surface area contributed by atoms with Crippen molar-refractivity contribution >= 4 is 21.8 Å². The number of aliphatic hydroxyl groups is 1. The number of aromatic nitrogens is 2. The van der Waals surface area contributed by atoms with Crippen LogP contribution in [0.1, 0.15) is 41.2 Å². The molecule has 0 spiro atoms. The Morgan fingerprint density at radius 3 is 1.33 bits per heavy atom. The molecule has 0 aliphatic carbocycles. The molecule has 0 aliphatic heterocycles. The number of fused-ring (bicyclic) bond motifs is 2. The summed E-state index contributed by atoms with van der Waals surface area (Å²) in [4.78, 5) is 6.59. The second-order valence-electron chi connectivity index (χ2n) is 11.7. The van der Waals surface area contributed by atoms with Crippen molar-refractivity contribution < 1.29 is 5.11 Å². The summed E-state index contributed by atoms with van der Waals surface area (Å²) in [7, 11) is 0. The Labute approximate surface area is 269 Å². The summed E-state index contributed by atoms with van der Waals surface area (Å²) in [5.74, 6) is 0.371. The van der Waals surface area contributed by atoms with Crippen molar-refractivity contribution in [3.05, 3.63) is 192 Å². The third-order valence-corrected chi connectivity index (χ3v) is 8.85. The van der Waals surface area contributed by atoms with Gasteiger partial charge in [-0.2, -0.15) is 0 Å². The van der Waals surface area contributed by atoms with Gasteiger partial charge in [0.2, 0.25) is 0 Å². The lowest BCUT2D eigenvalue weighted by Crippen LogP contribution is -1.98. The van der Waals surface area contributed by atoms with Gasteiger partial charge in [0.15, 0.2) is 0 Å². The highest BCUT2D eigenvalue weighted by molar-refractivity contribution is 5.85. The van der Waals surface area contributed by atoms with Crippen LogP contribution in [0.25, 0.3) is 44.1 Å².